The zero-order valence-electron chi connectivity index (χ0n) is 10.8. The van der Waals surface area contributed by atoms with Crippen molar-refractivity contribution >= 4 is 0 Å². The molecular weight excluding hydrogens is 200 g/mol. The summed E-state index contributed by atoms with van der Waals surface area (Å²) in [6, 6.07) is 0.685. The van der Waals surface area contributed by atoms with Crippen molar-refractivity contribution in [2.75, 3.05) is 32.8 Å². The molecule has 2 fully saturated rings. The molecule has 0 saturated carbocycles. The quantitative estimate of drug-likeness (QED) is 0.791. The Balaban J connectivity index is 1.96. The molecule has 2 saturated heterocycles. The van der Waals surface area contributed by atoms with Crippen molar-refractivity contribution in [3.05, 3.63) is 0 Å². The molecule has 2 aliphatic rings. The van der Waals surface area contributed by atoms with E-state index in [1.54, 1.807) is 0 Å². The molecule has 0 spiro atoms. The first-order valence-corrected chi connectivity index (χ1v) is 6.81. The fourth-order valence-electron chi connectivity index (χ4n) is 2.94. The number of nitrogens with zero attached hydrogens (tertiary/aromatic N) is 1. The van der Waals surface area contributed by atoms with Gasteiger partial charge in [0.15, 0.2) is 0 Å². The van der Waals surface area contributed by atoms with E-state index in [0.717, 1.165) is 13.2 Å². The van der Waals surface area contributed by atoms with Crippen molar-refractivity contribution in [2.45, 2.75) is 51.1 Å². The van der Waals surface area contributed by atoms with Crippen molar-refractivity contribution in [1.82, 2.24) is 10.2 Å². The van der Waals surface area contributed by atoms with Gasteiger partial charge < -0.3 is 10.1 Å². The minimum absolute atomic E-state index is 0.304. The standard InChI is InChI=1S/C13H26N2O/c1-3-5-12-10-15(8-4-7-14-12)13(2)6-9-16-11-13/h12,14H,3-11H2,1-2H3. The largest absolute Gasteiger partial charge is 0.379 e. The average molecular weight is 226 g/mol. The second-order valence-corrected chi connectivity index (χ2v) is 5.54. The van der Waals surface area contributed by atoms with Crippen LogP contribution in [0.15, 0.2) is 0 Å². The molecule has 0 radical (unpaired) electrons. The van der Waals surface area contributed by atoms with Gasteiger partial charge in [0.05, 0.1) is 6.61 Å². The molecule has 0 aromatic rings. The van der Waals surface area contributed by atoms with Gasteiger partial charge in [-0.15, -0.1) is 0 Å². The summed E-state index contributed by atoms with van der Waals surface area (Å²) in [6.45, 7) is 10.1. The monoisotopic (exact) mass is 226 g/mol. The Morgan fingerprint density at radius 2 is 2.38 bits per heavy atom. The molecule has 0 aliphatic carbocycles. The predicted molar refractivity (Wildman–Crippen MR) is 66.7 cm³/mol. The Kier molecular flexibility index (Phi) is 4.22. The van der Waals surface area contributed by atoms with E-state index in [2.05, 4.69) is 24.1 Å². The maximum absolute atomic E-state index is 5.59. The number of rotatable bonds is 3. The molecule has 2 rings (SSSR count). The van der Waals surface area contributed by atoms with E-state index in [4.69, 9.17) is 4.74 Å². The second-order valence-electron chi connectivity index (χ2n) is 5.54. The molecule has 16 heavy (non-hydrogen) atoms. The number of hydrogen-bond acceptors (Lipinski definition) is 3. The van der Waals surface area contributed by atoms with E-state index in [0.29, 0.717) is 11.6 Å². The van der Waals surface area contributed by atoms with E-state index in [-0.39, 0.29) is 0 Å². The molecule has 2 heterocycles. The summed E-state index contributed by atoms with van der Waals surface area (Å²) in [5, 5.41) is 3.67. The Labute approximate surface area is 99.5 Å². The van der Waals surface area contributed by atoms with Crippen LogP contribution in [0.2, 0.25) is 0 Å². The van der Waals surface area contributed by atoms with Gasteiger partial charge in [-0.3, -0.25) is 4.90 Å². The van der Waals surface area contributed by atoms with Crippen LogP contribution < -0.4 is 5.32 Å². The fraction of sp³-hybridized carbons (Fsp3) is 1.00. The van der Waals surface area contributed by atoms with Crippen LogP contribution in [-0.4, -0.2) is 49.3 Å². The van der Waals surface area contributed by atoms with E-state index in [9.17, 15) is 0 Å². The predicted octanol–water partition coefficient (Wildman–Crippen LogP) is 1.63. The lowest BCUT2D eigenvalue weighted by atomic mass is 9.97. The first-order chi connectivity index (χ1) is 7.74. The SMILES string of the molecule is CCCC1CN(C2(C)CCOC2)CCCN1. The lowest BCUT2D eigenvalue weighted by Gasteiger charge is -2.38. The van der Waals surface area contributed by atoms with Crippen LogP contribution in [0.25, 0.3) is 0 Å². The van der Waals surface area contributed by atoms with Crippen LogP contribution in [0.3, 0.4) is 0 Å². The molecule has 3 heteroatoms. The van der Waals surface area contributed by atoms with Gasteiger partial charge in [-0.1, -0.05) is 13.3 Å². The average Bonchev–Trinajstić information content (AvgIpc) is 2.58. The Bertz CT molecular complexity index is 214. The highest BCUT2D eigenvalue weighted by molar-refractivity contribution is 4.92. The van der Waals surface area contributed by atoms with Crippen molar-refractivity contribution in [3.63, 3.8) is 0 Å². The molecule has 1 N–H and O–H groups in total. The number of ether oxygens (including phenoxy) is 1. The third kappa shape index (κ3) is 2.76. The summed E-state index contributed by atoms with van der Waals surface area (Å²) in [4.78, 5) is 2.67. The van der Waals surface area contributed by atoms with Crippen molar-refractivity contribution < 1.29 is 4.74 Å². The topological polar surface area (TPSA) is 24.5 Å². The number of nitrogens with one attached hydrogen (secondary N) is 1. The van der Waals surface area contributed by atoms with E-state index in [1.807, 2.05) is 0 Å². The van der Waals surface area contributed by atoms with Gasteiger partial charge in [0.25, 0.3) is 0 Å². The zero-order chi connectivity index (χ0) is 11.4. The third-order valence-electron chi connectivity index (χ3n) is 4.08. The Morgan fingerprint density at radius 1 is 1.50 bits per heavy atom. The molecule has 94 valence electrons. The minimum Gasteiger partial charge on any atom is -0.379 e. The molecule has 2 atom stereocenters. The minimum atomic E-state index is 0.304. The highest BCUT2D eigenvalue weighted by Gasteiger charge is 2.37. The molecule has 0 aromatic heterocycles. The summed E-state index contributed by atoms with van der Waals surface area (Å²) in [6.07, 6.45) is 5.05. The highest BCUT2D eigenvalue weighted by atomic mass is 16.5. The van der Waals surface area contributed by atoms with Crippen LogP contribution >= 0.6 is 0 Å². The maximum atomic E-state index is 5.59. The normalized spacial score (nSPS) is 37.5. The molecule has 3 nitrogen and oxygen atoms in total. The van der Waals surface area contributed by atoms with E-state index in [1.165, 1.54) is 45.3 Å². The van der Waals surface area contributed by atoms with Crippen molar-refractivity contribution in [3.8, 4) is 0 Å². The van der Waals surface area contributed by atoms with Crippen LogP contribution in [0.5, 0.6) is 0 Å². The Hall–Kier alpha value is -0.120. The molecule has 2 aliphatic heterocycles. The molecule has 0 amide bonds. The Morgan fingerprint density at radius 3 is 3.06 bits per heavy atom. The van der Waals surface area contributed by atoms with E-state index < -0.39 is 0 Å². The van der Waals surface area contributed by atoms with Gasteiger partial charge in [-0.05, 0) is 32.7 Å². The molecular formula is C13H26N2O. The maximum Gasteiger partial charge on any atom is 0.0648 e. The fourth-order valence-corrected chi connectivity index (χ4v) is 2.94. The van der Waals surface area contributed by atoms with Gasteiger partial charge in [0.1, 0.15) is 0 Å². The lowest BCUT2D eigenvalue weighted by molar-refractivity contribution is 0.0771. The second kappa shape index (κ2) is 5.48. The summed E-state index contributed by atoms with van der Waals surface area (Å²) in [7, 11) is 0. The van der Waals surface area contributed by atoms with Crippen molar-refractivity contribution in [2.24, 2.45) is 0 Å². The molecule has 2 unspecified atom stereocenters. The van der Waals surface area contributed by atoms with Crippen molar-refractivity contribution in [1.29, 1.82) is 0 Å². The van der Waals surface area contributed by atoms with Gasteiger partial charge in [-0.25, -0.2) is 0 Å². The summed E-state index contributed by atoms with van der Waals surface area (Å²) in [5.41, 5.74) is 0.304. The number of hydrogen-bond donors (Lipinski definition) is 1. The summed E-state index contributed by atoms with van der Waals surface area (Å²) < 4.78 is 5.59. The van der Waals surface area contributed by atoms with Gasteiger partial charge >= 0.3 is 0 Å². The first-order valence-electron chi connectivity index (χ1n) is 6.81. The summed E-state index contributed by atoms with van der Waals surface area (Å²) >= 11 is 0. The lowest BCUT2D eigenvalue weighted by Crippen LogP contribution is -2.50. The third-order valence-corrected chi connectivity index (χ3v) is 4.08. The van der Waals surface area contributed by atoms with Crippen LogP contribution in [0.1, 0.15) is 39.5 Å². The molecule has 0 aromatic carbocycles. The van der Waals surface area contributed by atoms with Crippen LogP contribution in [0, 0.1) is 0 Å². The van der Waals surface area contributed by atoms with E-state index >= 15 is 0 Å². The molecule has 0 bridgehead atoms. The van der Waals surface area contributed by atoms with Gasteiger partial charge in [-0.2, -0.15) is 0 Å². The highest BCUT2D eigenvalue weighted by Crippen LogP contribution is 2.27. The van der Waals surface area contributed by atoms with Crippen LogP contribution in [0.4, 0.5) is 0 Å². The zero-order valence-corrected chi connectivity index (χ0v) is 10.8. The summed E-state index contributed by atoms with van der Waals surface area (Å²) in [5.74, 6) is 0. The smallest absolute Gasteiger partial charge is 0.0648 e. The first kappa shape index (κ1) is 12.3. The van der Waals surface area contributed by atoms with Crippen LogP contribution in [-0.2, 0) is 4.74 Å². The van der Waals surface area contributed by atoms with Gasteiger partial charge in [0.2, 0.25) is 0 Å². The van der Waals surface area contributed by atoms with Gasteiger partial charge in [0, 0.05) is 31.3 Å².